The van der Waals surface area contributed by atoms with Gasteiger partial charge in [-0.1, -0.05) is 18.2 Å². The Morgan fingerprint density at radius 3 is 2.75 bits per heavy atom. The molecule has 0 spiro atoms. The van der Waals surface area contributed by atoms with Crippen molar-refractivity contribution in [2.24, 2.45) is 0 Å². The number of aryl methyl sites for hydroxylation is 1. The summed E-state index contributed by atoms with van der Waals surface area (Å²) in [6, 6.07) is 12.4. The normalized spacial score (nSPS) is 16.2. The molecule has 28 heavy (non-hydrogen) atoms. The van der Waals surface area contributed by atoms with Gasteiger partial charge in [-0.05, 0) is 25.1 Å². The summed E-state index contributed by atoms with van der Waals surface area (Å²) in [6.07, 6.45) is 0. The SMILES string of the molecule is Cc1ccc([C@@H](CNC(=O)c2cc(=O)[nH]c3ccccc23)N2CCOCC2)o1. The van der Waals surface area contributed by atoms with Crippen molar-refractivity contribution in [3.63, 3.8) is 0 Å². The first kappa shape index (κ1) is 18.5. The number of aromatic nitrogens is 1. The third kappa shape index (κ3) is 3.85. The molecular formula is C21H23N3O4. The van der Waals surface area contributed by atoms with Gasteiger partial charge >= 0.3 is 0 Å². The highest BCUT2D eigenvalue weighted by atomic mass is 16.5. The maximum atomic E-state index is 12.9. The van der Waals surface area contributed by atoms with E-state index in [-0.39, 0.29) is 17.5 Å². The Morgan fingerprint density at radius 1 is 1.21 bits per heavy atom. The summed E-state index contributed by atoms with van der Waals surface area (Å²) < 4.78 is 11.3. The van der Waals surface area contributed by atoms with E-state index in [2.05, 4.69) is 15.2 Å². The first-order chi connectivity index (χ1) is 13.6. The Kier molecular flexibility index (Phi) is 5.27. The van der Waals surface area contributed by atoms with Gasteiger partial charge in [0.25, 0.3) is 5.91 Å². The lowest BCUT2D eigenvalue weighted by Gasteiger charge is -2.33. The molecule has 3 heterocycles. The van der Waals surface area contributed by atoms with Gasteiger partial charge in [-0.3, -0.25) is 14.5 Å². The smallest absolute Gasteiger partial charge is 0.252 e. The van der Waals surface area contributed by atoms with Gasteiger partial charge in [0.2, 0.25) is 5.56 Å². The molecule has 1 atom stereocenters. The molecule has 0 radical (unpaired) electrons. The van der Waals surface area contributed by atoms with Crippen LogP contribution in [0.15, 0.2) is 51.7 Å². The largest absolute Gasteiger partial charge is 0.465 e. The molecule has 146 valence electrons. The molecule has 0 bridgehead atoms. The number of amides is 1. The van der Waals surface area contributed by atoms with Gasteiger partial charge in [-0.15, -0.1) is 0 Å². The van der Waals surface area contributed by atoms with Crippen molar-refractivity contribution in [2.45, 2.75) is 13.0 Å². The molecule has 2 aromatic heterocycles. The van der Waals surface area contributed by atoms with E-state index in [1.807, 2.05) is 37.3 Å². The van der Waals surface area contributed by atoms with Crippen LogP contribution in [-0.4, -0.2) is 48.6 Å². The molecule has 7 heteroatoms. The minimum absolute atomic E-state index is 0.0881. The number of nitrogens with zero attached hydrogens (tertiary/aromatic N) is 1. The zero-order valence-corrected chi connectivity index (χ0v) is 15.7. The van der Waals surface area contributed by atoms with E-state index in [1.165, 1.54) is 6.07 Å². The van der Waals surface area contributed by atoms with Crippen LogP contribution in [0.3, 0.4) is 0 Å². The number of H-pyrrole nitrogens is 1. The lowest BCUT2D eigenvalue weighted by Crippen LogP contribution is -2.43. The van der Waals surface area contributed by atoms with Gasteiger partial charge in [0.15, 0.2) is 0 Å². The Bertz CT molecular complexity index is 1030. The fourth-order valence-electron chi connectivity index (χ4n) is 3.61. The van der Waals surface area contributed by atoms with Crippen molar-refractivity contribution >= 4 is 16.8 Å². The number of carbonyl (C=O) groups is 1. The summed E-state index contributed by atoms with van der Waals surface area (Å²) in [6.45, 7) is 5.14. The number of aromatic amines is 1. The number of rotatable bonds is 5. The number of hydrogen-bond donors (Lipinski definition) is 2. The van der Waals surface area contributed by atoms with Gasteiger partial charge in [0.1, 0.15) is 11.5 Å². The number of morpholine rings is 1. The molecule has 0 saturated carbocycles. The summed E-state index contributed by atoms with van der Waals surface area (Å²) >= 11 is 0. The quantitative estimate of drug-likeness (QED) is 0.708. The molecule has 7 nitrogen and oxygen atoms in total. The predicted octanol–water partition coefficient (Wildman–Crippen LogP) is 2.23. The van der Waals surface area contributed by atoms with E-state index in [0.717, 1.165) is 30.0 Å². The van der Waals surface area contributed by atoms with E-state index >= 15 is 0 Å². The number of ether oxygens (including phenoxy) is 1. The van der Waals surface area contributed by atoms with Gasteiger partial charge in [0, 0.05) is 36.6 Å². The van der Waals surface area contributed by atoms with Crippen LogP contribution in [0, 0.1) is 6.92 Å². The average Bonchev–Trinajstić information content (AvgIpc) is 3.14. The lowest BCUT2D eigenvalue weighted by molar-refractivity contribution is 0.0117. The van der Waals surface area contributed by atoms with Crippen LogP contribution in [0.1, 0.15) is 27.9 Å². The monoisotopic (exact) mass is 381 g/mol. The summed E-state index contributed by atoms with van der Waals surface area (Å²) in [7, 11) is 0. The van der Waals surface area contributed by atoms with Crippen molar-refractivity contribution in [2.75, 3.05) is 32.8 Å². The predicted molar refractivity (Wildman–Crippen MR) is 105 cm³/mol. The summed E-state index contributed by atoms with van der Waals surface area (Å²) in [5.41, 5.74) is 0.720. The zero-order chi connectivity index (χ0) is 19.5. The topological polar surface area (TPSA) is 87.6 Å². The fourth-order valence-corrected chi connectivity index (χ4v) is 3.61. The van der Waals surface area contributed by atoms with Crippen molar-refractivity contribution in [3.8, 4) is 0 Å². The van der Waals surface area contributed by atoms with Crippen molar-refractivity contribution in [1.29, 1.82) is 0 Å². The molecule has 1 aliphatic heterocycles. The van der Waals surface area contributed by atoms with E-state index in [4.69, 9.17) is 9.15 Å². The van der Waals surface area contributed by atoms with Crippen LogP contribution in [0.2, 0.25) is 0 Å². The van der Waals surface area contributed by atoms with Crippen LogP contribution in [0.25, 0.3) is 10.9 Å². The summed E-state index contributed by atoms with van der Waals surface area (Å²) in [5, 5.41) is 3.71. The maximum absolute atomic E-state index is 12.9. The number of benzene rings is 1. The average molecular weight is 381 g/mol. The maximum Gasteiger partial charge on any atom is 0.252 e. The van der Waals surface area contributed by atoms with E-state index < -0.39 is 0 Å². The van der Waals surface area contributed by atoms with Crippen LogP contribution < -0.4 is 10.9 Å². The Hall–Kier alpha value is -2.90. The van der Waals surface area contributed by atoms with Crippen molar-refractivity contribution in [3.05, 3.63) is 69.9 Å². The lowest BCUT2D eigenvalue weighted by atomic mass is 10.1. The van der Waals surface area contributed by atoms with Crippen molar-refractivity contribution < 1.29 is 13.9 Å². The molecule has 1 aliphatic rings. The number of nitrogens with one attached hydrogen (secondary N) is 2. The first-order valence-corrected chi connectivity index (χ1v) is 9.40. The third-order valence-electron chi connectivity index (χ3n) is 5.03. The van der Waals surface area contributed by atoms with Gasteiger partial charge in [0.05, 0.1) is 24.8 Å². The number of furan rings is 1. The fraction of sp³-hybridized carbons (Fsp3) is 0.333. The molecule has 3 aromatic rings. The second kappa shape index (κ2) is 8.00. The van der Waals surface area contributed by atoms with Crippen LogP contribution in [0.5, 0.6) is 0 Å². The Morgan fingerprint density at radius 2 is 2.00 bits per heavy atom. The summed E-state index contributed by atoms with van der Waals surface area (Å²) in [4.78, 5) is 29.8. The number of carbonyl (C=O) groups excluding carboxylic acids is 1. The van der Waals surface area contributed by atoms with E-state index in [9.17, 15) is 9.59 Å². The van der Waals surface area contributed by atoms with Gasteiger partial charge in [-0.25, -0.2) is 0 Å². The molecule has 1 fully saturated rings. The zero-order valence-electron chi connectivity index (χ0n) is 15.7. The Labute approximate surface area is 162 Å². The van der Waals surface area contributed by atoms with E-state index in [1.54, 1.807) is 6.07 Å². The van der Waals surface area contributed by atoms with E-state index in [0.29, 0.717) is 30.8 Å². The molecule has 1 amide bonds. The third-order valence-corrected chi connectivity index (χ3v) is 5.03. The highest BCUT2D eigenvalue weighted by Crippen LogP contribution is 2.24. The van der Waals surface area contributed by atoms with Gasteiger partial charge in [-0.2, -0.15) is 0 Å². The number of pyridine rings is 1. The molecule has 2 N–H and O–H groups in total. The van der Waals surface area contributed by atoms with Crippen LogP contribution >= 0.6 is 0 Å². The van der Waals surface area contributed by atoms with Crippen molar-refractivity contribution in [1.82, 2.24) is 15.2 Å². The molecule has 1 saturated heterocycles. The van der Waals surface area contributed by atoms with Gasteiger partial charge < -0.3 is 19.5 Å². The summed E-state index contributed by atoms with van der Waals surface area (Å²) in [5.74, 6) is 1.37. The second-order valence-electron chi connectivity index (χ2n) is 6.92. The minimum Gasteiger partial charge on any atom is -0.465 e. The molecule has 0 aliphatic carbocycles. The number of para-hydroxylation sites is 1. The number of hydrogen-bond acceptors (Lipinski definition) is 5. The number of fused-ring (bicyclic) bond motifs is 1. The standard InChI is InChI=1S/C21H23N3O4/c1-14-6-7-19(28-14)18(24-8-10-27-11-9-24)13-22-21(26)16-12-20(25)23-17-5-3-2-4-15(16)17/h2-7,12,18H,8-11,13H2,1H3,(H,22,26)(H,23,25)/t18-/m1/s1. The second-order valence-corrected chi connectivity index (χ2v) is 6.92. The highest BCUT2D eigenvalue weighted by Gasteiger charge is 2.26. The molecular weight excluding hydrogens is 358 g/mol. The Balaban J connectivity index is 1.57. The molecule has 4 rings (SSSR count). The molecule has 0 unspecified atom stereocenters. The molecule has 1 aromatic carbocycles. The van der Waals surface area contributed by atoms with Crippen LogP contribution in [0.4, 0.5) is 0 Å². The minimum atomic E-state index is -0.296. The first-order valence-electron chi connectivity index (χ1n) is 9.40. The highest BCUT2D eigenvalue weighted by molar-refractivity contribution is 6.05. The van der Waals surface area contributed by atoms with Crippen LogP contribution in [-0.2, 0) is 4.74 Å².